The maximum atomic E-state index is 13.1. The predicted molar refractivity (Wildman–Crippen MR) is 60.8 cm³/mol. The molecule has 1 rings (SSSR count). The van der Waals surface area contributed by atoms with E-state index in [4.69, 9.17) is 16.7 Å². The molecule has 0 aliphatic heterocycles. The lowest BCUT2D eigenvalue weighted by atomic mass is 10.1. The van der Waals surface area contributed by atoms with Crippen molar-refractivity contribution in [1.82, 2.24) is 5.32 Å². The monoisotopic (exact) mass is 313 g/mol. The first kappa shape index (κ1) is 16.2. The molecule has 0 saturated carbocycles. The standard InChI is InChI=1S/C11H8ClF4NO3/c12-7-3-1-2-6(4-7)5-17-8(18)10(13,14)11(15,16)9(19)20/h1-4H,5H2,(H,17,18)(H,19,20). The van der Waals surface area contributed by atoms with E-state index in [1.807, 2.05) is 0 Å². The van der Waals surface area contributed by atoms with Gasteiger partial charge in [-0.05, 0) is 17.7 Å². The molecule has 1 aromatic carbocycles. The molecule has 9 heteroatoms. The van der Waals surface area contributed by atoms with Gasteiger partial charge in [-0.15, -0.1) is 0 Å². The maximum absolute atomic E-state index is 13.1. The number of hydrogen-bond acceptors (Lipinski definition) is 2. The molecule has 110 valence electrons. The van der Waals surface area contributed by atoms with Crippen LogP contribution in [-0.2, 0) is 16.1 Å². The molecule has 0 heterocycles. The Bertz CT molecular complexity index is 536. The van der Waals surface area contributed by atoms with Gasteiger partial charge in [0.2, 0.25) is 0 Å². The zero-order valence-electron chi connectivity index (χ0n) is 9.67. The molecular weight excluding hydrogens is 306 g/mol. The van der Waals surface area contributed by atoms with Gasteiger partial charge in [0.25, 0.3) is 5.91 Å². The summed E-state index contributed by atoms with van der Waals surface area (Å²) in [5.41, 5.74) is 0.292. The number of rotatable bonds is 5. The number of halogens is 5. The molecule has 0 radical (unpaired) electrons. The van der Waals surface area contributed by atoms with E-state index in [1.54, 1.807) is 0 Å². The van der Waals surface area contributed by atoms with Gasteiger partial charge in [0.1, 0.15) is 0 Å². The first-order valence-electron chi connectivity index (χ1n) is 5.11. The van der Waals surface area contributed by atoms with Crippen LogP contribution >= 0.6 is 11.6 Å². The van der Waals surface area contributed by atoms with E-state index in [0.717, 1.165) is 0 Å². The highest BCUT2D eigenvalue weighted by Crippen LogP contribution is 2.34. The van der Waals surface area contributed by atoms with E-state index in [1.165, 1.54) is 29.6 Å². The summed E-state index contributed by atoms with van der Waals surface area (Å²) in [6.45, 7) is -0.495. The topological polar surface area (TPSA) is 66.4 Å². The third kappa shape index (κ3) is 3.19. The number of alkyl halides is 4. The Balaban J connectivity index is 2.78. The maximum Gasteiger partial charge on any atom is 0.413 e. The smallest absolute Gasteiger partial charge is 0.413 e. The summed E-state index contributed by atoms with van der Waals surface area (Å²) < 4.78 is 51.6. The fraction of sp³-hybridized carbons (Fsp3) is 0.273. The van der Waals surface area contributed by atoms with Crippen molar-refractivity contribution in [2.24, 2.45) is 0 Å². The first-order valence-corrected chi connectivity index (χ1v) is 5.48. The van der Waals surface area contributed by atoms with Gasteiger partial charge >= 0.3 is 17.8 Å². The second-order valence-electron chi connectivity index (χ2n) is 3.77. The van der Waals surface area contributed by atoms with Crippen LogP contribution in [0.5, 0.6) is 0 Å². The minimum atomic E-state index is -5.49. The normalized spacial score (nSPS) is 12.1. The van der Waals surface area contributed by atoms with Gasteiger partial charge in [0.05, 0.1) is 0 Å². The Hall–Kier alpha value is -1.83. The number of hydrogen-bond donors (Lipinski definition) is 2. The number of carboxylic acid groups (broad SMARTS) is 1. The fourth-order valence-electron chi connectivity index (χ4n) is 1.22. The third-order valence-corrected chi connectivity index (χ3v) is 2.53. The van der Waals surface area contributed by atoms with Gasteiger partial charge in [0, 0.05) is 11.6 Å². The SMILES string of the molecule is O=C(O)C(F)(F)C(F)(F)C(=O)NCc1cccc(Cl)c1. The summed E-state index contributed by atoms with van der Waals surface area (Å²) in [5.74, 6) is -16.3. The molecule has 0 atom stereocenters. The first-order chi connectivity index (χ1) is 9.09. The molecule has 0 aliphatic rings. The average Bonchev–Trinajstić information content (AvgIpc) is 2.35. The third-order valence-electron chi connectivity index (χ3n) is 2.29. The van der Waals surface area contributed by atoms with E-state index in [9.17, 15) is 27.2 Å². The van der Waals surface area contributed by atoms with Crippen molar-refractivity contribution in [3.63, 3.8) is 0 Å². The van der Waals surface area contributed by atoms with Crippen molar-refractivity contribution in [2.75, 3.05) is 0 Å². The summed E-state index contributed by atoms with van der Waals surface area (Å²) in [4.78, 5) is 21.1. The van der Waals surface area contributed by atoms with Gasteiger partial charge in [0.15, 0.2) is 0 Å². The molecule has 0 aromatic heterocycles. The summed E-state index contributed by atoms with van der Waals surface area (Å²) in [5, 5.41) is 9.82. The lowest BCUT2D eigenvalue weighted by molar-refractivity contribution is -0.222. The molecular formula is C11H8ClF4NO3. The largest absolute Gasteiger partial charge is 0.477 e. The quantitative estimate of drug-likeness (QED) is 0.820. The van der Waals surface area contributed by atoms with E-state index in [-0.39, 0.29) is 5.02 Å². The van der Waals surface area contributed by atoms with Gasteiger partial charge in [-0.25, -0.2) is 4.79 Å². The summed E-state index contributed by atoms with van der Waals surface area (Å²) >= 11 is 5.61. The number of carbonyl (C=O) groups excluding carboxylic acids is 1. The van der Waals surface area contributed by atoms with E-state index in [0.29, 0.717) is 5.56 Å². The molecule has 0 fully saturated rings. The Morgan fingerprint density at radius 3 is 2.30 bits per heavy atom. The Kier molecular flexibility index (Phi) is 4.59. The van der Waals surface area contributed by atoms with Crippen molar-refractivity contribution >= 4 is 23.5 Å². The van der Waals surface area contributed by atoms with Crippen molar-refractivity contribution < 1.29 is 32.3 Å². The van der Waals surface area contributed by atoms with Crippen LogP contribution in [0.15, 0.2) is 24.3 Å². The number of aliphatic carboxylic acids is 1. The summed E-state index contributed by atoms with van der Waals surface area (Å²) in [6.07, 6.45) is 0. The molecule has 0 bridgehead atoms. The van der Waals surface area contributed by atoms with Crippen molar-refractivity contribution in [2.45, 2.75) is 18.4 Å². The zero-order chi connectivity index (χ0) is 15.6. The average molecular weight is 314 g/mol. The van der Waals surface area contributed by atoms with Crippen LogP contribution < -0.4 is 5.32 Å². The van der Waals surface area contributed by atoms with Crippen LogP contribution in [0.25, 0.3) is 0 Å². The van der Waals surface area contributed by atoms with Gasteiger partial charge in [-0.2, -0.15) is 17.6 Å². The minimum Gasteiger partial charge on any atom is -0.477 e. The van der Waals surface area contributed by atoms with Gasteiger partial charge in [-0.1, -0.05) is 23.7 Å². The van der Waals surface area contributed by atoms with E-state index < -0.39 is 30.3 Å². The predicted octanol–water partition coefficient (Wildman–Crippen LogP) is 2.31. The van der Waals surface area contributed by atoms with Crippen LogP contribution in [0.4, 0.5) is 17.6 Å². The fourth-order valence-corrected chi connectivity index (χ4v) is 1.43. The van der Waals surface area contributed by atoms with Crippen molar-refractivity contribution in [3.05, 3.63) is 34.9 Å². The molecule has 0 spiro atoms. The van der Waals surface area contributed by atoms with Crippen molar-refractivity contribution in [3.8, 4) is 0 Å². The molecule has 2 N–H and O–H groups in total. The molecule has 0 unspecified atom stereocenters. The molecule has 0 saturated heterocycles. The minimum absolute atomic E-state index is 0.263. The Morgan fingerprint density at radius 1 is 1.20 bits per heavy atom. The Labute approximate surface area is 115 Å². The molecule has 20 heavy (non-hydrogen) atoms. The van der Waals surface area contributed by atoms with Gasteiger partial charge < -0.3 is 10.4 Å². The second kappa shape index (κ2) is 5.66. The number of benzene rings is 1. The number of carbonyl (C=O) groups is 2. The molecule has 1 aromatic rings. The van der Waals surface area contributed by atoms with Crippen molar-refractivity contribution in [1.29, 1.82) is 0 Å². The number of amides is 1. The summed E-state index contributed by atoms with van der Waals surface area (Å²) in [7, 11) is 0. The number of nitrogens with one attached hydrogen (secondary N) is 1. The van der Waals surface area contributed by atoms with E-state index >= 15 is 0 Å². The highest BCUT2D eigenvalue weighted by Gasteiger charge is 2.67. The van der Waals surface area contributed by atoms with Gasteiger partial charge in [-0.3, -0.25) is 4.79 Å². The zero-order valence-corrected chi connectivity index (χ0v) is 10.4. The summed E-state index contributed by atoms with van der Waals surface area (Å²) in [6, 6.07) is 5.70. The lowest BCUT2D eigenvalue weighted by Gasteiger charge is -2.21. The van der Waals surface area contributed by atoms with Crippen LogP contribution in [0, 0.1) is 0 Å². The molecule has 4 nitrogen and oxygen atoms in total. The number of carboxylic acids is 1. The van der Waals surface area contributed by atoms with Crippen LogP contribution in [-0.4, -0.2) is 28.8 Å². The van der Waals surface area contributed by atoms with Crippen LogP contribution in [0.1, 0.15) is 5.56 Å². The highest BCUT2D eigenvalue weighted by atomic mass is 35.5. The Morgan fingerprint density at radius 2 is 1.80 bits per heavy atom. The molecule has 1 amide bonds. The highest BCUT2D eigenvalue weighted by molar-refractivity contribution is 6.30. The molecule has 0 aliphatic carbocycles. The van der Waals surface area contributed by atoms with E-state index in [2.05, 4.69) is 0 Å². The van der Waals surface area contributed by atoms with Crippen LogP contribution in [0.2, 0.25) is 5.02 Å². The lowest BCUT2D eigenvalue weighted by Crippen LogP contribution is -2.56. The second-order valence-corrected chi connectivity index (χ2v) is 4.20. The van der Waals surface area contributed by atoms with Crippen LogP contribution in [0.3, 0.4) is 0 Å².